The summed E-state index contributed by atoms with van der Waals surface area (Å²) in [6.07, 6.45) is 2.09. The number of anilines is 2. The van der Waals surface area contributed by atoms with Crippen LogP contribution in [-0.2, 0) is 15.0 Å². The quantitative estimate of drug-likeness (QED) is 0.481. The Morgan fingerprint density at radius 2 is 1.54 bits per heavy atom. The smallest absolute Gasteiger partial charge is 0.238 e. The molecule has 0 aromatic heterocycles. The normalized spacial score (nSPS) is 25.7. The van der Waals surface area contributed by atoms with Crippen LogP contribution in [0.4, 0.5) is 11.4 Å². The molecule has 5 nitrogen and oxygen atoms in total. The summed E-state index contributed by atoms with van der Waals surface area (Å²) in [5.41, 5.74) is 2.92. The topological polar surface area (TPSA) is 66.5 Å². The van der Waals surface area contributed by atoms with Crippen LogP contribution in [0.3, 0.4) is 0 Å². The number of carbonyl (C=O) groups is 3. The van der Waals surface area contributed by atoms with Crippen molar-refractivity contribution in [2.75, 3.05) is 10.2 Å². The molecule has 37 heavy (non-hydrogen) atoms. The zero-order valence-corrected chi connectivity index (χ0v) is 21.5. The minimum atomic E-state index is -1.26. The molecule has 3 aromatic rings. The summed E-state index contributed by atoms with van der Waals surface area (Å²) < 4.78 is 0. The van der Waals surface area contributed by atoms with Crippen LogP contribution in [0.1, 0.15) is 49.2 Å². The van der Waals surface area contributed by atoms with E-state index >= 15 is 0 Å². The molecule has 1 N–H and O–H groups in total. The Labute approximate surface area is 217 Å². The van der Waals surface area contributed by atoms with Crippen molar-refractivity contribution in [3.05, 3.63) is 102 Å². The van der Waals surface area contributed by atoms with Gasteiger partial charge in [-0.1, -0.05) is 93.6 Å². The molecule has 3 heterocycles. The Morgan fingerprint density at radius 1 is 0.892 bits per heavy atom. The summed E-state index contributed by atoms with van der Waals surface area (Å²) in [7, 11) is 0. The number of ketones is 2. The average Bonchev–Trinajstić information content (AvgIpc) is 3.36. The molecule has 0 aliphatic carbocycles. The molecule has 0 bridgehead atoms. The summed E-state index contributed by atoms with van der Waals surface area (Å²) in [6, 6.07) is 23.3. The zero-order chi connectivity index (χ0) is 26.1. The largest absolute Gasteiger partial charge is 0.352 e. The first-order chi connectivity index (χ1) is 17.7. The van der Waals surface area contributed by atoms with Gasteiger partial charge in [0, 0.05) is 27.9 Å². The molecule has 1 amide bonds. The lowest BCUT2D eigenvalue weighted by Crippen LogP contribution is -2.51. The fourth-order valence-corrected chi connectivity index (χ4v) is 6.61. The summed E-state index contributed by atoms with van der Waals surface area (Å²) >= 11 is 0. The minimum Gasteiger partial charge on any atom is -0.352 e. The van der Waals surface area contributed by atoms with Gasteiger partial charge in [-0.25, -0.2) is 0 Å². The number of amides is 1. The van der Waals surface area contributed by atoms with E-state index in [-0.39, 0.29) is 17.5 Å². The number of carbonyl (C=O) groups excluding carboxylic acids is 3. The molecular formula is C32H30N2O3. The summed E-state index contributed by atoms with van der Waals surface area (Å²) in [4.78, 5) is 45.3. The highest BCUT2D eigenvalue weighted by atomic mass is 16.2. The minimum absolute atomic E-state index is 0.0522. The third-order valence-electron chi connectivity index (χ3n) is 8.23. The maximum Gasteiger partial charge on any atom is 0.238 e. The van der Waals surface area contributed by atoms with Crippen LogP contribution in [0.15, 0.2) is 84.9 Å². The third kappa shape index (κ3) is 3.13. The van der Waals surface area contributed by atoms with E-state index in [9.17, 15) is 14.4 Å². The predicted octanol–water partition coefficient (Wildman–Crippen LogP) is 5.67. The molecule has 5 heteroatoms. The van der Waals surface area contributed by atoms with E-state index in [2.05, 4.69) is 16.3 Å². The maximum atomic E-state index is 14.6. The van der Waals surface area contributed by atoms with Gasteiger partial charge in [0.2, 0.25) is 5.91 Å². The van der Waals surface area contributed by atoms with Gasteiger partial charge in [-0.05, 0) is 30.2 Å². The summed E-state index contributed by atoms with van der Waals surface area (Å²) in [5.74, 6) is -1.38. The Kier molecular flexibility index (Phi) is 5.07. The van der Waals surface area contributed by atoms with Crippen molar-refractivity contribution in [2.24, 2.45) is 11.3 Å². The lowest BCUT2D eigenvalue weighted by atomic mass is 9.63. The molecule has 4 atom stereocenters. The zero-order valence-electron chi connectivity index (χ0n) is 21.5. The molecule has 3 aromatic carbocycles. The number of nitrogens with zero attached hydrogens (tertiary/aromatic N) is 1. The SMILES string of the molecule is CC1=C[C@@H]2N(c3ccccc31)[C@H](C(=O)C(C)(C)C)[C@@H](C(=O)c1ccccc1)[C@]21C(=O)Nc2ccccc21. The van der Waals surface area contributed by atoms with Crippen molar-refractivity contribution < 1.29 is 14.4 Å². The highest BCUT2D eigenvalue weighted by Crippen LogP contribution is 2.59. The molecule has 1 spiro atoms. The highest BCUT2D eigenvalue weighted by molar-refractivity contribution is 6.17. The van der Waals surface area contributed by atoms with Gasteiger partial charge in [0.05, 0.1) is 12.0 Å². The van der Waals surface area contributed by atoms with Crippen molar-refractivity contribution in [3.8, 4) is 0 Å². The standard InChI is InChI=1S/C32H30N2O3/c1-19-18-25-32(22-15-9-10-16-23(22)33-30(32)37)26(28(35)20-12-6-5-7-13-20)27(29(36)31(2,3)4)34(25)24-17-11-8-14-21(19)24/h5-18,25-27H,1-4H3,(H,33,37)/t25-,26-,27-,32+/m0/s1. The number of hydrogen-bond donors (Lipinski definition) is 1. The maximum absolute atomic E-state index is 14.6. The Morgan fingerprint density at radius 3 is 2.27 bits per heavy atom. The lowest BCUT2D eigenvalue weighted by Gasteiger charge is -2.39. The van der Waals surface area contributed by atoms with E-state index in [0.717, 1.165) is 22.4 Å². The molecule has 0 radical (unpaired) electrons. The van der Waals surface area contributed by atoms with Crippen molar-refractivity contribution in [1.82, 2.24) is 0 Å². The van der Waals surface area contributed by atoms with Gasteiger partial charge in [-0.2, -0.15) is 0 Å². The summed E-state index contributed by atoms with van der Waals surface area (Å²) in [5, 5.41) is 3.08. The predicted molar refractivity (Wildman–Crippen MR) is 146 cm³/mol. The van der Waals surface area contributed by atoms with Crippen molar-refractivity contribution in [1.29, 1.82) is 0 Å². The van der Waals surface area contributed by atoms with Gasteiger partial charge >= 0.3 is 0 Å². The Balaban J connectivity index is 1.71. The molecule has 1 fully saturated rings. The van der Waals surface area contributed by atoms with Gasteiger partial charge < -0.3 is 10.2 Å². The van der Waals surface area contributed by atoms with Crippen molar-refractivity contribution >= 4 is 34.4 Å². The third-order valence-corrected chi connectivity index (χ3v) is 8.23. The second-order valence-electron chi connectivity index (χ2n) is 11.4. The van der Waals surface area contributed by atoms with Gasteiger partial charge in [0.15, 0.2) is 11.6 Å². The highest BCUT2D eigenvalue weighted by Gasteiger charge is 2.71. The van der Waals surface area contributed by atoms with Gasteiger partial charge in [-0.3, -0.25) is 14.4 Å². The average molecular weight is 491 g/mol. The number of Topliss-reactive ketones (excluding diaryl/α,β-unsaturated/α-hetero) is 2. The number of rotatable bonds is 3. The number of para-hydroxylation sites is 2. The lowest BCUT2D eigenvalue weighted by molar-refractivity contribution is -0.128. The fraction of sp³-hybridized carbons (Fsp3) is 0.281. The van der Waals surface area contributed by atoms with Crippen LogP contribution in [0, 0.1) is 11.3 Å². The van der Waals surface area contributed by atoms with Crippen molar-refractivity contribution in [2.45, 2.75) is 45.2 Å². The monoisotopic (exact) mass is 490 g/mol. The molecule has 0 unspecified atom stereocenters. The van der Waals surface area contributed by atoms with E-state index in [4.69, 9.17) is 0 Å². The van der Waals surface area contributed by atoms with Crippen LogP contribution >= 0.6 is 0 Å². The first kappa shape index (κ1) is 23.4. The Bertz CT molecular complexity index is 1480. The van der Waals surface area contributed by atoms with Crippen LogP contribution in [0.2, 0.25) is 0 Å². The second-order valence-corrected chi connectivity index (χ2v) is 11.4. The number of hydrogen-bond acceptors (Lipinski definition) is 4. The van der Waals surface area contributed by atoms with E-state index in [1.54, 1.807) is 12.1 Å². The van der Waals surface area contributed by atoms with Crippen LogP contribution in [0.5, 0.6) is 0 Å². The van der Waals surface area contributed by atoms with E-state index in [0.29, 0.717) is 11.3 Å². The number of nitrogens with one attached hydrogen (secondary N) is 1. The number of allylic oxidation sites excluding steroid dienone is 1. The second kappa shape index (κ2) is 8.01. The first-order valence-corrected chi connectivity index (χ1v) is 12.8. The molecule has 1 saturated heterocycles. The molecule has 0 saturated carbocycles. The van der Waals surface area contributed by atoms with E-state index < -0.39 is 28.8 Å². The molecule has 3 aliphatic rings. The molecule has 186 valence electrons. The number of benzene rings is 3. The van der Waals surface area contributed by atoms with Crippen LogP contribution < -0.4 is 10.2 Å². The van der Waals surface area contributed by atoms with E-state index in [1.807, 2.05) is 94.4 Å². The number of fused-ring (bicyclic) bond motifs is 6. The first-order valence-electron chi connectivity index (χ1n) is 12.8. The van der Waals surface area contributed by atoms with E-state index in [1.165, 1.54) is 0 Å². The van der Waals surface area contributed by atoms with Gasteiger partial charge in [0.25, 0.3) is 0 Å². The van der Waals surface area contributed by atoms with Gasteiger partial charge in [-0.15, -0.1) is 0 Å². The van der Waals surface area contributed by atoms with Crippen LogP contribution in [0.25, 0.3) is 5.57 Å². The summed E-state index contributed by atoms with van der Waals surface area (Å²) in [6.45, 7) is 7.70. The van der Waals surface area contributed by atoms with Crippen LogP contribution in [-0.4, -0.2) is 29.6 Å². The fourth-order valence-electron chi connectivity index (χ4n) is 6.61. The van der Waals surface area contributed by atoms with Crippen molar-refractivity contribution in [3.63, 3.8) is 0 Å². The van der Waals surface area contributed by atoms with Gasteiger partial charge in [0.1, 0.15) is 11.5 Å². The molecular weight excluding hydrogens is 460 g/mol. The Hall–Kier alpha value is -3.99. The molecule has 6 rings (SSSR count). The molecule has 3 aliphatic heterocycles.